The second-order valence-corrected chi connectivity index (χ2v) is 9.33. The first-order valence-electron chi connectivity index (χ1n) is 11.9. The van der Waals surface area contributed by atoms with E-state index in [9.17, 15) is 14.7 Å². The molecule has 186 valence electrons. The Balaban J connectivity index is 1.75. The zero-order valence-corrected chi connectivity index (χ0v) is 20.5. The van der Waals surface area contributed by atoms with Gasteiger partial charge in [0.15, 0.2) is 0 Å². The van der Waals surface area contributed by atoms with Gasteiger partial charge in [0.1, 0.15) is 12.2 Å². The van der Waals surface area contributed by atoms with Gasteiger partial charge in [0.25, 0.3) is 0 Å². The molecular formula is C27H38N2O5. The van der Waals surface area contributed by atoms with Crippen molar-refractivity contribution in [1.29, 1.82) is 0 Å². The van der Waals surface area contributed by atoms with Crippen LogP contribution in [0.3, 0.4) is 0 Å². The summed E-state index contributed by atoms with van der Waals surface area (Å²) in [6.07, 6.45) is 1.49. The van der Waals surface area contributed by atoms with Crippen molar-refractivity contribution in [3.05, 3.63) is 71.8 Å². The van der Waals surface area contributed by atoms with E-state index in [0.29, 0.717) is 38.6 Å². The molecule has 2 rings (SSSR count). The number of carbonyl (C=O) groups is 2. The van der Waals surface area contributed by atoms with Crippen LogP contribution < -0.4 is 10.6 Å². The third kappa shape index (κ3) is 11.7. The van der Waals surface area contributed by atoms with Crippen molar-refractivity contribution in [3.8, 4) is 0 Å². The summed E-state index contributed by atoms with van der Waals surface area (Å²) in [5.41, 5.74) is 1.45. The highest BCUT2D eigenvalue weighted by molar-refractivity contribution is 5.68. The molecule has 3 N–H and O–H groups in total. The van der Waals surface area contributed by atoms with Crippen molar-refractivity contribution < 1.29 is 24.2 Å². The number of hydrogen-bond donors (Lipinski definition) is 3. The van der Waals surface area contributed by atoms with Crippen LogP contribution in [0.2, 0.25) is 0 Å². The molecule has 0 aliphatic rings. The van der Waals surface area contributed by atoms with Gasteiger partial charge in [-0.1, -0.05) is 60.7 Å². The van der Waals surface area contributed by atoms with E-state index < -0.39 is 29.9 Å². The molecule has 0 unspecified atom stereocenters. The Kier molecular flexibility index (Phi) is 11.4. The van der Waals surface area contributed by atoms with Crippen LogP contribution in [-0.4, -0.2) is 41.6 Å². The Morgan fingerprint density at radius 2 is 1.50 bits per heavy atom. The molecule has 0 fully saturated rings. The van der Waals surface area contributed by atoms with Gasteiger partial charge in [-0.3, -0.25) is 0 Å². The third-order valence-electron chi connectivity index (χ3n) is 5.16. The van der Waals surface area contributed by atoms with Crippen LogP contribution in [0.5, 0.6) is 0 Å². The quantitative estimate of drug-likeness (QED) is 0.381. The fourth-order valence-corrected chi connectivity index (χ4v) is 3.43. The van der Waals surface area contributed by atoms with Crippen LogP contribution in [0.4, 0.5) is 9.59 Å². The molecule has 2 aromatic carbocycles. The molecule has 0 bridgehead atoms. The van der Waals surface area contributed by atoms with Gasteiger partial charge in [-0.15, -0.1) is 0 Å². The largest absolute Gasteiger partial charge is 0.445 e. The normalized spacial score (nSPS) is 12.9. The van der Waals surface area contributed by atoms with Crippen molar-refractivity contribution in [2.75, 3.05) is 6.54 Å². The van der Waals surface area contributed by atoms with Crippen LogP contribution in [0.25, 0.3) is 0 Å². The van der Waals surface area contributed by atoms with Crippen molar-refractivity contribution in [2.45, 2.75) is 77.2 Å². The number of aliphatic hydroxyl groups excluding tert-OH is 1. The molecule has 0 aromatic heterocycles. The lowest BCUT2D eigenvalue weighted by Gasteiger charge is -2.27. The SMILES string of the molecule is CC(C)(C)OC(=O)N[C@@H](CCCCNC(=O)OCc1ccccc1)[C@H](O)CCc1ccccc1. The Labute approximate surface area is 202 Å². The third-order valence-corrected chi connectivity index (χ3v) is 5.16. The Hall–Kier alpha value is -3.06. The van der Waals surface area contributed by atoms with Crippen LogP contribution in [0.15, 0.2) is 60.7 Å². The number of nitrogens with one attached hydrogen (secondary N) is 2. The molecule has 2 amide bonds. The van der Waals surface area contributed by atoms with Crippen LogP contribution in [-0.2, 0) is 22.5 Å². The smallest absolute Gasteiger partial charge is 0.407 e. The zero-order valence-electron chi connectivity index (χ0n) is 20.5. The minimum Gasteiger partial charge on any atom is -0.445 e. The number of aryl methyl sites for hydroxylation is 1. The summed E-state index contributed by atoms with van der Waals surface area (Å²) >= 11 is 0. The summed E-state index contributed by atoms with van der Waals surface area (Å²) in [7, 11) is 0. The molecule has 0 aliphatic carbocycles. The Bertz CT molecular complexity index is 852. The molecule has 2 aromatic rings. The van der Waals surface area contributed by atoms with E-state index >= 15 is 0 Å². The lowest BCUT2D eigenvalue weighted by atomic mass is 9.98. The van der Waals surface area contributed by atoms with E-state index in [1.54, 1.807) is 20.8 Å². The number of benzene rings is 2. The van der Waals surface area contributed by atoms with Crippen molar-refractivity contribution in [3.63, 3.8) is 0 Å². The molecule has 34 heavy (non-hydrogen) atoms. The van der Waals surface area contributed by atoms with E-state index in [4.69, 9.17) is 9.47 Å². The number of ether oxygens (including phenoxy) is 2. The van der Waals surface area contributed by atoms with Gasteiger partial charge in [-0.25, -0.2) is 9.59 Å². The van der Waals surface area contributed by atoms with Gasteiger partial charge in [0, 0.05) is 6.54 Å². The molecular weight excluding hydrogens is 432 g/mol. The molecule has 0 saturated carbocycles. The number of alkyl carbamates (subject to hydrolysis) is 2. The molecule has 7 heteroatoms. The summed E-state index contributed by atoms with van der Waals surface area (Å²) < 4.78 is 10.6. The number of aliphatic hydroxyl groups is 1. The zero-order chi connectivity index (χ0) is 24.8. The lowest BCUT2D eigenvalue weighted by Crippen LogP contribution is -2.45. The molecule has 0 heterocycles. The molecule has 7 nitrogen and oxygen atoms in total. The lowest BCUT2D eigenvalue weighted by molar-refractivity contribution is 0.0403. The van der Waals surface area contributed by atoms with Gasteiger partial charge in [-0.05, 0) is 64.0 Å². The summed E-state index contributed by atoms with van der Waals surface area (Å²) in [4.78, 5) is 24.2. The summed E-state index contributed by atoms with van der Waals surface area (Å²) in [6, 6.07) is 19.0. The number of hydrogen-bond acceptors (Lipinski definition) is 5. The maximum absolute atomic E-state index is 12.3. The van der Waals surface area contributed by atoms with Gasteiger partial charge in [-0.2, -0.15) is 0 Å². The monoisotopic (exact) mass is 470 g/mol. The van der Waals surface area contributed by atoms with E-state index in [0.717, 1.165) is 11.1 Å². The van der Waals surface area contributed by atoms with Crippen LogP contribution in [0, 0.1) is 0 Å². The highest BCUT2D eigenvalue weighted by atomic mass is 16.6. The topological polar surface area (TPSA) is 96.9 Å². The fourth-order valence-electron chi connectivity index (χ4n) is 3.43. The maximum atomic E-state index is 12.3. The first kappa shape index (κ1) is 27.2. The first-order chi connectivity index (χ1) is 16.2. The predicted molar refractivity (Wildman–Crippen MR) is 132 cm³/mol. The predicted octanol–water partition coefficient (Wildman–Crippen LogP) is 4.97. The van der Waals surface area contributed by atoms with Gasteiger partial charge < -0.3 is 25.2 Å². The summed E-state index contributed by atoms with van der Waals surface area (Å²) in [5.74, 6) is 0. The number of amides is 2. The molecule has 0 aliphatic heterocycles. The Morgan fingerprint density at radius 3 is 2.12 bits per heavy atom. The minimum absolute atomic E-state index is 0.224. The Morgan fingerprint density at radius 1 is 0.882 bits per heavy atom. The molecule has 0 saturated heterocycles. The standard InChI is InChI=1S/C27H38N2O5/c1-27(2,3)34-26(32)29-23(24(30)18-17-21-12-6-4-7-13-21)16-10-11-19-28-25(31)33-20-22-14-8-5-9-15-22/h4-9,12-15,23-24,30H,10-11,16-20H2,1-3H3,(H,28,31)(H,29,32)/t23-,24+/m0/s1. The minimum atomic E-state index is -0.712. The van der Waals surface area contributed by atoms with Crippen molar-refractivity contribution >= 4 is 12.2 Å². The van der Waals surface area contributed by atoms with Crippen LogP contribution >= 0.6 is 0 Å². The average Bonchev–Trinajstić information content (AvgIpc) is 2.80. The first-order valence-corrected chi connectivity index (χ1v) is 11.9. The van der Waals surface area contributed by atoms with Gasteiger partial charge >= 0.3 is 12.2 Å². The number of rotatable bonds is 12. The van der Waals surface area contributed by atoms with E-state index in [1.165, 1.54) is 0 Å². The highest BCUT2D eigenvalue weighted by Gasteiger charge is 2.24. The van der Waals surface area contributed by atoms with E-state index in [2.05, 4.69) is 10.6 Å². The second kappa shape index (κ2) is 14.3. The van der Waals surface area contributed by atoms with E-state index in [1.807, 2.05) is 60.7 Å². The number of unbranched alkanes of at least 4 members (excludes halogenated alkanes) is 1. The maximum Gasteiger partial charge on any atom is 0.407 e. The van der Waals surface area contributed by atoms with Crippen LogP contribution in [0.1, 0.15) is 57.6 Å². The van der Waals surface area contributed by atoms with Crippen molar-refractivity contribution in [1.82, 2.24) is 10.6 Å². The van der Waals surface area contributed by atoms with Gasteiger partial charge in [0.2, 0.25) is 0 Å². The fraction of sp³-hybridized carbons (Fsp3) is 0.481. The average molecular weight is 471 g/mol. The summed E-state index contributed by atoms with van der Waals surface area (Å²) in [5, 5.41) is 16.3. The van der Waals surface area contributed by atoms with E-state index in [-0.39, 0.29) is 6.61 Å². The van der Waals surface area contributed by atoms with Gasteiger partial charge in [0.05, 0.1) is 12.1 Å². The molecule has 0 spiro atoms. The summed E-state index contributed by atoms with van der Waals surface area (Å²) in [6.45, 7) is 6.08. The number of carbonyl (C=O) groups excluding carboxylic acids is 2. The highest BCUT2D eigenvalue weighted by Crippen LogP contribution is 2.14. The molecule has 0 radical (unpaired) electrons. The van der Waals surface area contributed by atoms with Crippen molar-refractivity contribution in [2.24, 2.45) is 0 Å². The molecule has 2 atom stereocenters. The second-order valence-electron chi connectivity index (χ2n) is 9.33.